The molecule has 5 nitrogen and oxygen atoms in total. The van der Waals surface area contributed by atoms with Crippen LogP contribution in [0.4, 0.5) is 4.79 Å². The van der Waals surface area contributed by atoms with E-state index in [0.717, 1.165) is 34.7 Å². The van der Waals surface area contributed by atoms with Gasteiger partial charge >= 0.3 is 6.03 Å². The molecule has 0 radical (unpaired) electrons. The van der Waals surface area contributed by atoms with Gasteiger partial charge in [-0.3, -0.25) is 4.98 Å². The van der Waals surface area contributed by atoms with Crippen LogP contribution < -0.4 is 10.1 Å². The normalized spacial score (nSPS) is 11.7. The van der Waals surface area contributed by atoms with E-state index in [1.165, 1.54) is 0 Å². The number of nitrogens with zero attached hydrogens (tertiary/aromatic N) is 2. The van der Waals surface area contributed by atoms with Gasteiger partial charge in [-0.2, -0.15) is 0 Å². The van der Waals surface area contributed by atoms with Crippen molar-refractivity contribution in [2.24, 2.45) is 0 Å². The average Bonchev–Trinajstić information content (AvgIpc) is 2.58. The predicted molar refractivity (Wildman–Crippen MR) is 99.7 cm³/mol. The summed E-state index contributed by atoms with van der Waals surface area (Å²) in [5, 5.41) is 3.09. The lowest BCUT2D eigenvalue weighted by Gasteiger charge is -2.23. The molecule has 1 atom stereocenters. The van der Waals surface area contributed by atoms with E-state index in [2.05, 4.69) is 17.2 Å². The van der Waals surface area contributed by atoms with Gasteiger partial charge in [0.15, 0.2) is 0 Å². The van der Waals surface area contributed by atoms with Gasteiger partial charge in [0.25, 0.3) is 0 Å². The Morgan fingerprint density at radius 2 is 1.92 bits per heavy atom. The first-order valence-electron chi connectivity index (χ1n) is 8.52. The van der Waals surface area contributed by atoms with Crippen molar-refractivity contribution in [1.29, 1.82) is 0 Å². The number of nitrogens with one attached hydrogen (secondary N) is 1. The van der Waals surface area contributed by atoms with Gasteiger partial charge in [-0.25, -0.2) is 4.79 Å². The molecule has 0 aliphatic carbocycles. The zero-order valence-corrected chi connectivity index (χ0v) is 15.7. The monoisotopic (exact) mass is 341 g/mol. The Kier molecular flexibility index (Phi) is 6.39. The molecule has 2 rings (SSSR count). The molecular formula is C20H27N3O2. The summed E-state index contributed by atoms with van der Waals surface area (Å²) < 4.78 is 5.18. The largest absolute Gasteiger partial charge is 0.497 e. The minimum Gasteiger partial charge on any atom is -0.497 e. The highest BCUT2D eigenvalue weighted by molar-refractivity contribution is 5.74. The summed E-state index contributed by atoms with van der Waals surface area (Å²) in [7, 11) is 3.43. The second-order valence-corrected chi connectivity index (χ2v) is 6.32. The zero-order chi connectivity index (χ0) is 18.4. The van der Waals surface area contributed by atoms with Crippen molar-refractivity contribution in [3.63, 3.8) is 0 Å². The topological polar surface area (TPSA) is 54.5 Å². The number of hydrogen-bond donors (Lipinski definition) is 1. The number of benzene rings is 1. The molecule has 0 aliphatic rings. The summed E-state index contributed by atoms with van der Waals surface area (Å²) in [4.78, 5) is 18.7. The standard InChI is InChI=1S/C20H27N3O2/c1-6-19(16-7-9-18(25-5)10-8-16)22-20(24)23(4)13-17-12-14(2)11-15(3)21-17/h7-12,19H,6,13H2,1-5H3,(H,22,24)/t19-/m0/s1. The van der Waals surface area contributed by atoms with E-state index in [1.807, 2.05) is 50.2 Å². The highest BCUT2D eigenvalue weighted by Gasteiger charge is 2.16. The lowest BCUT2D eigenvalue weighted by Crippen LogP contribution is -2.39. The van der Waals surface area contributed by atoms with Crippen LogP contribution in [0.3, 0.4) is 0 Å². The molecule has 1 heterocycles. The van der Waals surface area contributed by atoms with Crippen molar-refractivity contribution in [1.82, 2.24) is 15.2 Å². The number of aryl methyl sites for hydroxylation is 2. The Morgan fingerprint density at radius 1 is 1.24 bits per heavy atom. The van der Waals surface area contributed by atoms with Gasteiger partial charge in [-0.1, -0.05) is 19.1 Å². The molecule has 0 fully saturated rings. The summed E-state index contributed by atoms with van der Waals surface area (Å²) >= 11 is 0. The summed E-state index contributed by atoms with van der Waals surface area (Å²) in [6, 6.07) is 11.7. The fraction of sp³-hybridized carbons (Fsp3) is 0.400. The zero-order valence-electron chi connectivity index (χ0n) is 15.7. The van der Waals surface area contributed by atoms with Crippen LogP contribution in [0.2, 0.25) is 0 Å². The number of pyridine rings is 1. The summed E-state index contributed by atoms with van der Waals surface area (Å²) in [5.74, 6) is 0.808. The van der Waals surface area contributed by atoms with Crippen molar-refractivity contribution in [2.45, 2.75) is 39.8 Å². The first-order chi connectivity index (χ1) is 11.9. The highest BCUT2D eigenvalue weighted by atomic mass is 16.5. The minimum absolute atomic E-state index is 0.0342. The van der Waals surface area contributed by atoms with Crippen LogP contribution in [0.15, 0.2) is 36.4 Å². The molecule has 1 N–H and O–H groups in total. The fourth-order valence-electron chi connectivity index (χ4n) is 2.84. The first-order valence-corrected chi connectivity index (χ1v) is 8.52. The third-order valence-electron chi connectivity index (χ3n) is 4.12. The number of amides is 2. The third kappa shape index (κ3) is 5.21. The molecular weight excluding hydrogens is 314 g/mol. The molecule has 25 heavy (non-hydrogen) atoms. The van der Waals surface area contributed by atoms with Crippen LogP contribution in [0, 0.1) is 13.8 Å². The molecule has 1 aromatic carbocycles. The van der Waals surface area contributed by atoms with Crippen LogP contribution in [-0.2, 0) is 6.54 Å². The van der Waals surface area contributed by atoms with E-state index >= 15 is 0 Å². The van der Waals surface area contributed by atoms with Gasteiger partial charge in [0.1, 0.15) is 5.75 Å². The molecule has 0 bridgehead atoms. The van der Waals surface area contributed by atoms with Crippen molar-refractivity contribution in [3.05, 3.63) is 58.9 Å². The van der Waals surface area contributed by atoms with Gasteiger partial charge in [0.05, 0.1) is 25.4 Å². The van der Waals surface area contributed by atoms with E-state index in [-0.39, 0.29) is 12.1 Å². The number of rotatable bonds is 6. The maximum atomic E-state index is 12.5. The Balaban J connectivity index is 2.02. The van der Waals surface area contributed by atoms with E-state index in [1.54, 1.807) is 19.1 Å². The van der Waals surface area contributed by atoms with Gasteiger partial charge in [0, 0.05) is 12.7 Å². The van der Waals surface area contributed by atoms with Gasteiger partial charge in [-0.15, -0.1) is 0 Å². The van der Waals surface area contributed by atoms with Gasteiger partial charge in [-0.05, 0) is 55.7 Å². The van der Waals surface area contributed by atoms with Crippen LogP contribution >= 0.6 is 0 Å². The molecule has 0 unspecified atom stereocenters. The molecule has 1 aromatic heterocycles. The summed E-state index contributed by atoms with van der Waals surface area (Å²) in [6.45, 7) is 6.54. The number of carbonyl (C=O) groups is 1. The Labute approximate surface area is 150 Å². The number of urea groups is 1. The molecule has 0 aliphatic heterocycles. The van der Waals surface area contributed by atoms with E-state index in [4.69, 9.17) is 4.74 Å². The number of carbonyl (C=O) groups excluding carboxylic acids is 1. The summed E-state index contributed by atoms with van der Waals surface area (Å²) in [5.41, 5.74) is 4.08. The highest BCUT2D eigenvalue weighted by Crippen LogP contribution is 2.20. The molecule has 2 amide bonds. The van der Waals surface area contributed by atoms with E-state index < -0.39 is 0 Å². The van der Waals surface area contributed by atoms with Crippen molar-refractivity contribution in [2.75, 3.05) is 14.2 Å². The summed E-state index contributed by atoms with van der Waals surface area (Å²) in [6.07, 6.45) is 0.813. The first kappa shape index (κ1) is 18.8. The molecule has 2 aromatic rings. The fourth-order valence-corrected chi connectivity index (χ4v) is 2.84. The second-order valence-electron chi connectivity index (χ2n) is 6.32. The minimum atomic E-state index is -0.108. The Bertz CT molecular complexity index is 693. The SMILES string of the molecule is CC[C@H](NC(=O)N(C)Cc1cc(C)cc(C)n1)c1ccc(OC)cc1. The van der Waals surface area contributed by atoms with Gasteiger partial charge in [0.2, 0.25) is 0 Å². The smallest absolute Gasteiger partial charge is 0.317 e. The quantitative estimate of drug-likeness (QED) is 0.864. The third-order valence-corrected chi connectivity index (χ3v) is 4.12. The molecule has 0 spiro atoms. The van der Waals surface area contributed by atoms with E-state index in [0.29, 0.717) is 6.54 Å². The molecule has 5 heteroatoms. The number of hydrogen-bond acceptors (Lipinski definition) is 3. The van der Waals surface area contributed by atoms with Crippen LogP contribution in [0.5, 0.6) is 5.75 Å². The molecule has 134 valence electrons. The lowest BCUT2D eigenvalue weighted by molar-refractivity contribution is 0.201. The van der Waals surface area contributed by atoms with Crippen LogP contribution in [0.1, 0.15) is 41.9 Å². The maximum absolute atomic E-state index is 12.5. The van der Waals surface area contributed by atoms with E-state index in [9.17, 15) is 4.79 Å². The van der Waals surface area contributed by atoms with Gasteiger partial charge < -0.3 is 15.0 Å². The average molecular weight is 341 g/mol. The number of aromatic nitrogens is 1. The number of methoxy groups -OCH3 is 1. The Hall–Kier alpha value is -2.56. The number of ether oxygens (including phenoxy) is 1. The van der Waals surface area contributed by atoms with Crippen LogP contribution in [-0.4, -0.2) is 30.1 Å². The van der Waals surface area contributed by atoms with Crippen molar-refractivity contribution < 1.29 is 9.53 Å². The Morgan fingerprint density at radius 3 is 2.48 bits per heavy atom. The lowest BCUT2D eigenvalue weighted by atomic mass is 10.0. The van der Waals surface area contributed by atoms with Crippen molar-refractivity contribution >= 4 is 6.03 Å². The van der Waals surface area contributed by atoms with Crippen LogP contribution in [0.25, 0.3) is 0 Å². The second kappa shape index (κ2) is 8.51. The molecule has 0 saturated heterocycles. The molecule has 0 saturated carbocycles. The predicted octanol–water partition coefficient (Wildman–Crippen LogP) is 4.00. The van der Waals surface area contributed by atoms with Crippen molar-refractivity contribution in [3.8, 4) is 5.75 Å². The maximum Gasteiger partial charge on any atom is 0.317 e.